The van der Waals surface area contributed by atoms with Crippen LogP contribution in [0.4, 0.5) is 0 Å². The van der Waals surface area contributed by atoms with Crippen molar-refractivity contribution in [3.63, 3.8) is 0 Å². The maximum Gasteiger partial charge on any atom is 0.419 e. The van der Waals surface area contributed by atoms with Crippen molar-refractivity contribution in [1.29, 1.82) is 0 Å². The molecule has 0 bridgehead atoms. The van der Waals surface area contributed by atoms with Crippen molar-refractivity contribution in [2.45, 2.75) is 4.90 Å². The minimum absolute atomic E-state index is 0.0644. The van der Waals surface area contributed by atoms with Gasteiger partial charge in [-0.2, -0.15) is 0 Å². The van der Waals surface area contributed by atoms with Crippen LogP contribution in [0.15, 0.2) is 37.1 Å². The molecule has 0 radical (unpaired) electrons. The summed E-state index contributed by atoms with van der Waals surface area (Å²) in [7, 11) is 0. The van der Waals surface area contributed by atoms with Crippen LogP contribution in [0.3, 0.4) is 0 Å². The van der Waals surface area contributed by atoms with Gasteiger partial charge in [-0.15, -0.1) is 0 Å². The number of rotatable bonds is 1. The van der Waals surface area contributed by atoms with E-state index in [1.54, 1.807) is 0 Å². The Labute approximate surface area is 84.8 Å². The summed E-state index contributed by atoms with van der Waals surface area (Å²) < 4.78 is 23.8. The SMILES string of the molecule is O=c1[nH]c2ccc(S(=O)O)cc2c(=O)o1. The first-order valence-corrected chi connectivity index (χ1v) is 4.96. The number of aromatic amines is 1. The van der Waals surface area contributed by atoms with E-state index in [0.29, 0.717) is 0 Å². The lowest BCUT2D eigenvalue weighted by molar-refractivity contribution is 0.460. The highest BCUT2D eigenvalue weighted by molar-refractivity contribution is 7.79. The zero-order chi connectivity index (χ0) is 11.0. The quantitative estimate of drug-likeness (QED) is 0.671. The molecule has 78 valence electrons. The number of nitrogens with one attached hydrogen (secondary N) is 1. The second-order valence-corrected chi connectivity index (χ2v) is 3.73. The van der Waals surface area contributed by atoms with E-state index < -0.39 is 22.5 Å². The van der Waals surface area contributed by atoms with Crippen molar-refractivity contribution in [2.75, 3.05) is 0 Å². The summed E-state index contributed by atoms with van der Waals surface area (Å²) in [6.45, 7) is 0. The Morgan fingerprint density at radius 1 is 1.33 bits per heavy atom. The molecule has 0 aliphatic heterocycles. The van der Waals surface area contributed by atoms with E-state index in [1.807, 2.05) is 0 Å². The Bertz CT molecular complexity index is 656. The molecule has 1 atom stereocenters. The molecule has 0 aliphatic rings. The molecule has 1 heterocycles. The molecular formula is C8H5NO5S. The highest BCUT2D eigenvalue weighted by Crippen LogP contribution is 2.11. The molecule has 0 amide bonds. The van der Waals surface area contributed by atoms with Crippen LogP contribution in [-0.4, -0.2) is 13.7 Å². The summed E-state index contributed by atoms with van der Waals surface area (Å²) in [5.41, 5.74) is -0.563. The fourth-order valence-corrected chi connectivity index (χ4v) is 1.59. The van der Waals surface area contributed by atoms with Crippen LogP contribution in [0.2, 0.25) is 0 Å². The van der Waals surface area contributed by atoms with Gasteiger partial charge in [-0.05, 0) is 18.2 Å². The first-order chi connectivity index (χ1) is 7.08. The van der Waals surface area contributed by atoms with Crippen molar-refractivity contribution in [3.05, 3.63) is 39.2 Å². The van der Waals surface area contributed by atoms with Gasteiger partial charge in [0.15, 0.2) is 11.1 Å². The summed E-state index contributed by atoms with van der Waals surface area (Å²) in [6, 6.07) is 3.91. The molecule has 0 saturated carbocycles. The first-order valence-electron chi connectivity index (χ1n) is 3.86. The van der Waals surface area contributed by atoms with E-state index >= 15 is 0 Å². The van der Waals surface area contributed by atoms with E-state index in [4.69, 9.17) is 4.55 Å². The van der Waals surface area contributed by atoms with Gasteiger partial charge in [0.25, 0.3) is 0 Å². The van der Waals surface area contributed by atoms with E-state index in [-0.39, 0.29) is 15.8 Å². The number of benzene rings is 1. The van der Waals surface area contributed by atoms with Crippen molar-refractivity contribution in [3.8, 4) is 0 Å². The van der Waals surface area contributed by atoms with Crippen LogP contribution >= 0.6 is 0 Å². The summed E-state index contributed by atoms with van der Waals surface area (Å²) in [4.78, 5) is 24.4. The minimum Gasteiger partial charge on any atom is -0.372 e. The number of hydrogen-bond acceptors (Lipinski definition) is 4. The van der Waals surface area contributed by atoms with Crippen LogP contribution in [0.5, 0.6) is 0 Å². The largest absolute Gasteiger partial charge is 0.419 e. The lowest BCUT2D eigenvalue weighted by Crippen LogP contribution is -2.14. The van der Waals surface area contributed by atoms with Crippen LogP contribution in [-0.2, 0) is 11.1 Å². The standard InChI is InChI=1S/C8H5NO5S/c10-7-5-3-4(15(12)13)1-2-6(5)9-8(11)14-7/h1-3H,(H,9,11)(H,12,13). The average Bonchev–Trinajstić information content (AvgIpc) is 2.16. The van der Waals surface area contributed by atoms with Gasteiger partial charge in [0.1, 0.15) is 0 Å². The highest BCUT2D eigenvalue weighted by atomic mass is 32.2. The molecule has 0 saturated heterocycles. The Hall–Kier alpha value is -1.73. The van der Waals surface area contributed by atoms with Crippen LogP contribution in [0.25, 0.3) is 10.9 Å². The predicted octanol–water partition coefficient (Wildman–Crippen LogP) is 0.0619. The Morgan fingerprint density at radius 2 is 2.07 bits per heavy atom. The molecule has 2 aromatic rings. The smallest absolute Gasteiger partial charge is 0.372 e. The number of H-pyrrole nitrogens is 1. The van der Waals surface area contributed by atoms with Crippen LogP contribution in [0, 0.1) is 0 Å². The van der Waals surface area contributed by atoms with Gasteiger partial charge in [0.2, 0.25) is 0 Å². The molecule has 1 aromatic heterocycles. The normalized spacial score (nSPS) is 12.9. The Balaban J connectivity index is 2.89. The lowest BCUT2D eigenvalue weighted by atomic mass is 10.2. The van der Waals surface area contributed by atoms with Crippen molar-refractivity contribution < 1.29 is 13.2 Å². The number of hydrogen-bond donors (Lipinski definition) is 2. The van der Waals surface area contributed by atoms with Gasteiger partial charge in [0.05, 0.1) is 15.8 Å². The highest BCUT2D eigenvalue weighted by Gasteiger charge is 2.06. The molecule has 0 fully saturated rings. The summed E-state index contributed by atoms with van der Waals surface area (Å²) >= 11 is -2.17. The predicted molar refractivity (Wildman–Crippen MR) is 52.1 cm³/mol. The average molecular weight is 227 g/mol. The topological polar surface area (TPSA) is 100 Å². The summed E-state index contributed by atoms with van der Waals surface area (Å²) in [5, 5.41) is 0.0644. The zero-order valence-corrected chi connectivity index (χ0v) is 8.04. The fourth-order valence-electron chi connectivity index (χ4n) is 1.18. The van der Waals surface area contributed by atoms with E-state index in [2.05, 4.69) is 9.40 Å². The molecule has 2 rings (SSSR count). The lowest BCUT2D eigenvalue weighted by Gasteiger charge is -1.97. The Kier molecular flexibility index (Phi) is 2.25. The third kappa shape index (κ3) is 1.74. The molecule has 0 spiro atoms. The molecule has 0 aliphatic carbocycles. The molecular weight excluding hydrogens is 222 g/mol. The summed E-state index contributed by atoms with van der Waals surface area (Å²) in [6.07, 6.45) is 0. The van der Waals surface area contributed by atoms with E-state index in [9.17, 15) is 13.8 Å². The van der Waals surface area contributed by atoms with E-state index in [1.165, 1.54) is 18.2 Å². The number of fused-ring (bicyclic) bond motifs is 1. The van der Waals surface area contributed by atoms with Crippen molar-refractivity contribution in [1.82, 2.24) is 4.98 Å². The monoisotopic (exact) mass is 227 g/mol. The summed E-state index contributed by atoms with van der Waals surface area (Å²) in [5.74, 6) is -0.856. The van der Waals surface area contributed by atoms with Crippen LogP contribution in [0.1, 0.15) is 0 Å². The molecule has 1 unspecified atom stereocenters. The second-order valence-electron chi connectivity index (χ2n) is 2.76. The van der Waals surface area contributed by atoms with Crippen LogP contribution < -0.4 is 11.4 Å². The second kappa shape index (κ2) is 3.44. The van der Waals surface area contributed by atoms with Gasteiger partial charge in [0, 0.05) is 0 Å². The molecule has 1 aromatic carbocycles. The molecule has 2 N–H and O–H groups in total. The maximum absolute atomic E-state index is 11.2. The molecule has 15 heavy (non-hydrogen) atoms. The Morgan fingerprint density at radius 3 is 2.73 bits per heavy atom. The van der Waals surface area contributed by atoms with E-state index in [0.717, 1.165) is 0 Å². The van der Waals surface area contributed by atoms with Gasteiger partial charge >= 0.3 is 11.4 Å². The van der Waals surface area contributed by atoms with Crippen molar-refractivity contribution >= 4 is 22.0 Å². The molecule has 7 heteroatoms. The third-order valence-corrected chi connectivity index (χ3v) is 2.49. The molecule has 6 nitrogen and oxygen atoms in total. The van der Waals surface area contributed by atoms with Gasteiger partial charge < -0.3 is 8.97 Å². The van der Waals surface area contributed by atoms with Gasteiger partial charge in [-0.25, -0.2) is 13.8 Å². The number of aromatic nitrogens is 1. The zero-order valence-electron chi connectivity index (χ0n) is 7.22. The van der Waals surface area contributed by atoms with Gasteiger partial charge in [-0.3, -0.25) is 4.98 Å². The maximum atomic E-state index is 11.2. The van der Waals surface area contributed by atoms with Gasteiger partial charge in [-0.1, -0.05) is 0 Å². The first kappa shape index (κ1) is 9.81. The third-order valence-electron chi connectivity index (χ3n) is 1.83. The minimum atomic E-state index is -2.17. The van der Waals surface area contributed by atoms with Crippen molar-refractivity contribution in [2.24, 2.45) is 0 Å². The fraction of sp³-hybridized carbons (Fsp3) is 0.